The highest BCUT2D eigenvalue weighted by Gasteiger charge is 2.24. The number of ether oxygens (including phenoxy) is 3. The first-order valence-corrected chi connectivity index (χ1v) is 25.9. The van der Waals surface area contributed by atoms with Crippen LogP contribution in [0.2, 0.25) is 0 Å². The molecule has 2 aromatic heterocycles. The van der Waals surface area contributed by atoms with Gasteiger partial charge in [0.05, 0.1) is 19.3 Å². The van der Waals surface area contributed by atoms with Crippen molar-refractivity contribution >= 4 is 17.0 Å². The molecule has 73 heavy (non-hydrogen) atoms. The van der Waals surface area contributed by atoms with Crippen LogP contribution in [0.25, 0.3) is 50.9 Å². The van der Waals surface area contributed by atoms with Gasteiger partial charge in [-0.15, -0.1) is 15.0 Å². The Morgan fingerprint density at radius 3 is 1.71 bits per heavy atom. The summed E-state index contributed by atoms with van der Waals surface area (Å²) >= 11 is 0. The molecule has 0 saturated carbocycles. The Morgan fingerprint density at radius 2 is 1.19 bits per heavy atom. The number of aliphatic hydroxyl groups is 1. The number of carbonyl (C=O) groups excluding carboxylic acids is 1. The average molecular weight is 993 g/mol. The Morgan fingerprint density at radius 1 is 0.658 bits per heavy atom. The lowest BCUT2D eigenvalue weighted by Crippen LogP contribution is -2.23. The van der Waals surface area contributed by atoms with Crippen LogP contribution in [0.1, 0.15) is 132 Å². The highest BCUT2D eigenvalue weighted by atomic mass is 16.5. The summed E-state index contributed by atoms with van der Waals surface area (Å²) in [4.78, 5) is 27.4. The van der Waals surface area contributed by atoms with Crippen molar-refractivity contribution in [3.8, 4) is 57.1 Å². The number of rotatable bonds is 23. The van der Waals surface area contributed by atoms with E-state index in [4.69, 9.17) is 29.2 Å². The third-order valence-corrected chi connectivity index (χ3v) is 12.8. The van der Waals surface area contributed by atoms with Crippen molar-refractivity contribution in [2.24, 2.45) is 0 Å². The Balaban J connectivity index is 0.000000281. The van der Waals surface area contributed by atoms with Gasteiger partial charge in [-0.1, -0.05) is 151 Å². The van der Waals surface area contributed by atoms with Gasteiger partial charge in [0.1, 0.15) is 46.7 Å². The predicted octanol–water partition coefficient (Wildman–Crippen LogP) is 13.0. The molecule has 0 saturated heterocycles. The monoisotopic (exact) mass is 993 g/mol. The molecule has 0 amide bonds. The molecule has 13 nitrogen and oxygen atoms in total. The maximum Gasteiger partial charge on any atom is 0.305 e. The third kappa shape index (κ3) is 16.1. The molecule has 0 spiro atoms. The van der Waals surface area contributed by atoms with E-state index in [9.17, 15) is 20.1 Å². The van der Waals surface area contributed by atoms with Crippen molar-refractivity contribution in [2.75, 3.05) is 26.9 Å². The van der Waals surface area contributed by atoms with Crippen molar-refractivity contribution in [3.05, 3.63) is 124 Å². The van der Waals surface area contributed by atoms with Gasteiger partial charge in [-0.25, -0.2) is 15.0 Å². The number of phenolic OH excluding ortho intramolecular Hbond substituents is 2. The van der Waals surface area contributed by atoms with Crippen molar-refractivity contribution in [1.29, 1.82) is 0 Å². The molecular formula is C60H76N6O7. The molecule has 0 bridgehead atoms. The van der Waals surface area contributed by atoms with Gasteiger partial charge in [0.15, 0.2) is 17.5 Å². The second-order valence-corrected chi connectivity index (χ2v) is 20.2. The lowest BCUT2D eigenvalue weighted by Gasteiger charge is -2.23. The van der Waals surface area contributed by atoms with E-state index >= 15 is 0 Å². The van der Waals surface area contributed by atoms with Gasteiger partial charge in [-0.3, -0.25) is 4.79 Å². The third-order valence-electron chi connectivity index (χ3n) is 12.8. The minimum Gasteiger partial charge on any atom is -0.507 e. The summed E-state index contributed by atoms with van der Waals surface area (Å²) in [6, 6.07) is 28.7. The minimum atomic E-state index is -0.760. The summed E-state index contributed by atoms with van der Waals surface area (Å²) in [5.74, 6) is 1.77. The lowest BCUT2D eigenvalue weighted by molar-refractivity contribution is -0.140. The van der Waals surface area contributed by atoms with Gasteiger partial charge < -0.3 is 29.5 Å². The van der Waals surface area contributed by atoms with E-state index < -0.39 is 6.10 Å². The Bertz CT molecular complexity index is 2800. The molecular weight excluding hydrogens is 917 g/mol. The molecule has 1 unspecified atom stereocenters. The van der Waals surface area contributed by atoms with Crippen LogP contribution in [0.4, 0.5) is 0 Å². The number of aryl methyl sites for hydroxylation is 5. The fourth-order valence-corrected chi connectivity index (χ4v) is 8.67. The normalized spacial score (nSPS) is 11.9. The van der Waals surface area contributed by atoms with E-state index in [2.05, 4.69) is 43.1 Å². The van der Waals surface area contributed by atoms with Gasteiger partial charge in [-0.2, -0.15) is 0 Å². The van der Waals surface area contributed by atoms with Crippen molar-refractivity contribution < 1.29 is 34.3 Å². The van der Waals surface area contributed by atoms with Crippen LogP contribution < -0.4 is 4.74 Å². The first-order valence-electron chi connectivity index (χ1n) is 25.9. The van der Waals surface area contributed by atoms with Crippen LogP contribution in [-0.2, 0) is 26.1 Å². The number of unbranched alkanes of at least 4 members (excludes halogenated alkanes) is 9. The number of esters is 1. The van der Waals surface area contributed by atoms with Crippen molar-refractivity contribution in [1.82, 2.24) is 29.9 Å². The van der Waals surface area contributed by atoms with Gasteiger partial charge >= 0.3 is 5.97 Å². The second-order valence-electron chi connectivity index (χ2n) is 20.2. The Labute approximate surface area is 432 Å². The number of aromatic hydroxyl groups is 2. The topological polar surface area (TPSA) is 175 Å². The van der Waals surface area contributed by atoms with Crippen LogP contribution in [0.15, 0.2) is 91.0 Å². The zero-order valence-electron chi connectivity index (χ0n) is 44.5. The number of aromatic nitrogens is 6. The van der Waals surface area contributed by atoms with E-state index in [1.165, 1.54) is 69.3 Å². The van der Waals surface area contributed by atoms with Crippen LogP contribution in [0.3, 0.4) is 0 Å². The van der Waals surface area contributed by atoms with E-state index in [0.717, 1.165) is 68.4 Å². The molecule has 3 N–H and O–H groups in total. The van der Waals surface area contributed by atoms with Crippen LogP contribution in [0, 0.1) is 27.7 Å². The summed E-state index contributed by atoms with van der Waals surface area (Å²) in [6.45, 7) is 17.5. The zero-order chi connectivity index (χ0) is 52.5. The fourth-order valence-electron chi connectivity index (χ4n) is 8.67. The van der Waals surface area contributed by atoms with E-state index in [0.29, 0.717) is 47.5 Å². The molecule has 0 radical (unpaired) electrons. The first kappa shape index (κ1) is 55.6. The fraction of sp³-hybridized carbons (Fsp3) is 0.433. The summed E-state index contributed by atoms with van der Waals surface area (Å²) < 4.78 is 16.2. The maximum absolute atomic E-state index is 11.5. The SMILES string of the molecule is CCCCCCCCCCCCOCC(O)COc1ccc(-c2nc(-c3ccc(C)cc3C)nc(-c3ccc(C)cc3C)n2)c(O)c1.COC(=O)CCc1cc(-n2nc3ccccc3n2)c(O)c(C(C)(C)C)c1. The Hall–Kier alpha value is -6.70. The van der Waals surface area contributed by atoms with Gasteiger partial charge in [0.2, 0.25) is 0 Å². The molecule has 0 aliphatic heterocycles. The summed E-state index contributed by atoms with van der Waals surface area (Å²) in [5.41, 5.74) is 10.2. The predicted molar refractivity (Wildman–Crippen MR) is 290 cm³/mol. The van der Waals surface area contributed by atoms with Crippen LogP contribution >= 0.6 is 0 Å². The number of phenols is 2. The number of aliphatic hydroxyl groups excluding tert-OH is 1. The number of benzene rings is 5. The lowest BCUT2D eigenvalue weighted by atomic mass is 9.84. The number of hydrogen-bond acceptors (Lipinski definition) is 12. The van der Waals surface area contributed by atoms with Crippen LogP contribution in [-0.4, -0.2) is 84.3 Å². The number of hydrogen-bond donors (Lipinski definition) is 3. The zero-order valence-corrected chi connectivity index (χ0v) is 44.5. The molecule has 0 aliphatic rings. The quantitative estimate of drug-likeness (QED) is 0.0409. The molecule has 0 aliphatic carbocycles. The molecule has 13 heteroatoms. The largest absolute Gasteiger partial charge is 0.507 e. The summed E-state index contributed by atoms with van der Waals surface area (Å²) in [7, 11) is 1.38. The summed E-state index contributed by atoms with van der Waals surface area (Å²) in [5, 5.41) is 41.3. The molecule has 2 heterocycles. The van der Waals surface area contributed by atoms with Crippen LogP contribution in [0.5, 0.6) is 17.2 Å². The molecule has 7 aromatic rings. The van der Waals surface area contributed by atoms with Gasteiger partial charge in [-0.05, 0) is 93.0 Å². The second kappa shape index (κ2) is 26.8. The van der Waals surface area contributed by atoms with Crippen molar-refractivity contribution in [2.45, 2.75) is 144 Å². The highest BCUT2D eigenvalue weighted by molar-refractivity contribution is 5.75. The number of fused-ring (bicyclic) bond motifs is 1. The standard InChI is InChI=1S/C40H53N3O4.C20H23N3O3/c1-6-7-8-9-10-11-12-13-14-15-22-46-26-32(44)27-47-33-18-21-36(37(45)25-33)40-42-38(34-19-16-28(2)23-30(34)4)41-39(43-40)35-20-17-29(3)24-31(35)5;1-20(2,3)14-11-13(9-10-18(24)26-4)12-17(19(14)25)23-21-15-7-5-6-8-16(15)22-23/h16-21,23-25,32,44-45H,6-15,22,26-27H2,1-5H3;5-8,11-12,25H,9-10H2,1-4H3. The van der Waals surface area contributed by atoms with E-state index in [-0.39, 0.29) is 42.5 Å². The van der Waals surface area contributed by atoms with E-state index in [1.54, 1.807) is 12.1 Å². The minimum absolute atomic E-state index is 0.0152. The number of methoxy groups -OCH3 is 1. The maximum atomic E-state index is 11.5. The van der Waals surface area contributed by atoms with Gasteiger partial charge in [0.25, 0.3) is 0 Å². The summed E-state index contributed by atoms with van der Waals surface area (Å²) in [6.07, 6.45) is 12.8. The molecule has 1 atom stereocenters. The molecule has 0 fully saturated rings. The van der Waals surface area contributed by atoms with Crippen molar-refractivity contribution in [3.63, 3.8) is 0 Å². The number of nitrogens with zero attached hydrogens (tertiary/aromatic N) is 6. The first-order chi connectivity index (χ1) is 35.0. The number of carbonyl (C=O) groups is 1. The molecule has 388 valence electrons. The molecule has 5 aromatic carbocycles. The highest BCUT2D eigenvalue weighted by Crippen LogP contribution is 2.37. The average Bonchev–Trinajstić information content (AvgIpc) is 3.80. The smallest absolute Gasteiger partial charge is 0.305 e. The Kier molecular flexibility index (Phi) is 20.4. The molecule has 7 rings (SSSR count). The van der Waals surface area contributed by atoms with Gasteiger partial charge in [0, 0.05) is 35.8 Å². The van der Waals surface area contributed by atoms with E-state index in [1.807, 2.05) is 95.3 Å².